The van der Waals surface area contributed by atoms with Crippen LogP contribution in [0.5, 0.6) is 0 Å². The molecule has 0 saturated heterocycles. The summed E-state index contributed by atoms with van der Waals surface area (Å²) in [6, 6.07) is 23.6. The topological polar surface area (TPSA) is 17.1 Å². The Morgan fingerprint density at radius 2 is 1.31 bits per heavy atom. The largest absolute Gasteiger partial charge is 0.289 e. The molecule has 3 heteroatoms. The van der Waals surface area contributed by atoms with E-state index in [2.05, 4.69) is 40.2 Å². The van der Waals surface area contributed by atoms with Gasteiger partial charge in [-0.2, -0.15) is 0 Å². The summed E-state index contributed by atoms with van der Waals surface area (Å²) in [7, 11) is 5.92. The Hall–Kier alpha value is -2.65. The minimum atomic E-state index is -0.104. The van der Waals surface area contributed by atoms with Crippen molar-refractivity contribution in [2.45, 2.75) is 0 Å². The van der Waals surface area contributed by atoms with Crippen LogP contribution in [-0.2, 0) is 0 Å². The van der Waals surface area contributed by atoms with Crippen molar-refractivity contribution in [3.05, 3.63) is 94.5 Å². The molecule has 26 heavy (non-hydrogen) atoms. The van der Waals surface area contributed by atoms with Gasteiger partial charge in [0.1, 0.15) is 7.85 Å². The molecular formula is C23H14BBrO. The Bertz CT molecular complexity index is 1180. The molecule has 0 saturated carbocycles. The minimum absolute atomic E-state index is 0.104. The van der Waals surface area contributed by atoms with Crippen molar-refractivity contribution in [3.63, 3.8) is 0 Å². The molecule has 0 bridgehead atoms. The van der Waals surface area contributed by atoms with Crippen LogP contribution in [0.4, 0.5) is 0 Å². The smallest absolute Gasteiger partial charge is 0.185 e. The molecule has 4 rings (SSSR count). The van der Waals surface area contributed by atoms with E-state index in [-0.39, 0.29) is 5.78 Å². The van der Waals surface area contributed by atoms with Crippen molar-refractivity contribution < 1.29 is 4.79 Å². The van der Waals surface area contributed by atoms with Crippen LogP contribution in [0.1, 0.15) is 15.9 Å². The van der Waals surface area contributed by atoms with Crippen LogP contribution in [0.25, 0.3) is 27.6 Å². The summed E-state index contributed by atoms with van der Waals surface area (Å²) in [6.07, 6.45) is 3.46. The van der Waals surface area contributed by atoms with Crippen LogP contribution in [0, 0.1) is 0 Å². The lowest BCUT2D eigenvalue weighted by atomic mass is 9.88. The predicted octanol–water partition coefficient (Wildman–Crippen LogP) is 5.45. The van der Waals surface area contributed by atoms with Crippen molar-refractivity contribution in [1.82, 2.24) is 0 Å². The lowest BCUT2D eigenvalue weighted by Crippen LogP contribution is -2.13. The van der Waals surface area contributed by atoms with E-state index in [0.29, 0.717) is 11.0 Å². The highest BCUT2D eigenvalue weighted by atomic mass is 79.9. The third-order valence-electron chi connectivity index (χ3n) is 4.54. The van der Waals surface area contributed by atoms with Gasteiger partial charge in [-0.1, -0.05) is 78.3 Å². The second kappa shape index (κ2) is 6.93. The molecule has 0 atom stereocenters. The normalized spacial score (nSPS) is 11.4. The molecular weight excluding hydrogens is 383 g/mol. The Labute approximate surface area is 161 Å². The van der Waals surface area contributed by atoms with Gasteiger partial charge < -0.3 is 0 Å². The fraction of sp³-hybridized carbons (Fsp3) is 0. The monoisotopic (exact) mass is 396 g/mol. The molecule has 0 aliphatic rings. The van der Waals surface area contributed by atoms with Crippen LogP contribution in [0.15, 0.2) is 83.3 Å². The summed E-state index contributed by atoms with van der Waals surface area (Å²) in [6.45, 7) is 0. The van der Waals surface area contributed by atoms with Gasteiger partial charge >= 0.3 is 0 Å². The van der Waals surface area contributed by atoms with Gasteiger partial charge in [-0.3, -0.25) is 4.79 Å². The Balaban J connectivity index is 1.89. The summed E-state index contributed by atoms with van der Waals surface area (Å²) >= 11 is 3.74. The van der Waals surface area contributed by atoms with Gasteiger partial charge in [0.2, 0.25) is 0 Å². The fourth-order valence-electron chi connectivity index (χ4n) is 3.26. The molecule has 2 radical (unpaired) electrons. The van der Waals surface area contributed by atoms with Crippen LogP contribution >= 0.6 is 15.9 Å². The average molecular weight is 397 g/mol. The lowest BCUT2D eigenvalue weighted by Gasteiger charge is -2.11. The van der Waals surface area contributed by atoms with Gasteiger partial charge in [-0.25, -0.2) is 0 Å². The average Bonchev–Trinajstić information content (AvgIpc) is 2.68. The van der Waals surface area contributed by atoms with Crippen LogP contribution < -0.4 is 5.46 Å². The summed E-state index contributed by atoms with van der Waals surface area (Å²) in [5.74, 6) is -0.104. The molecule has 0 aromatic heterocycles. The standard InChI is InChI=1S/C23H14BBrO/c24-21-12-6-5-11-20(21)22(26)14-13-19-17-9-2-1-7-15(17)16-8-3-4-10-18(16)23(19)25/h1-14H/b14-13+. The second-order valence-corrected chi connectivity index (χ2v) is 6.90. The molecule has 122 valence electrons. The van der Waals surface area contributed by atoms with E-state index in [1.165, 1.54) is 5.39 Å². The quantitative estimate of drug-likeness (QED) is 0.195. The van der Waals surface area contributed by atoms with Gasteiger partial charge in [-0.05, 0) is 55.2 Å². The zero-order valence-corrected chi connectivity index (χ0v) is 15.5. The van der Waals surface area contributed by atoms with Crippen molar-refractivity contribution in [2.75, 3.05) is 0 Å². The minimum Gasteiger partial charge on any atom is -0.289 e. The molecule has 0 spiro atoms. The van der Waals surface area contributed by atoms with Crippen molar-refractivity contribution >= 4 is 62.6 Å². The Kier molecular flexibility index (Phi) is 4.48. The molecule has 4 aromatic rings. The van der Waals surface area contributed by atoms with E-state index >= 15 is 0 Å². The van der Waals surface area contributed by atoms with Gasteiger partial charge in [0.05, 0.1) is 0 Å². The fourth-order valence-corrected chi connectivity index (χ4v) is 3.95. The van der Waals surface area contributed by atoms with E-state index in [9.17, 15) is 4.79 Å². The zero-order valence-electron chi connectivity index (χ0n) is 13.9. The van der Waals surface area contributed by atoms with E-state index in [4.69, 9.17) is 7.85 Å². The lowest BCUT2D eigenvalue weighted by molar-refractivity contribution is 0.104. The number of allylic oxidation sites excluding steroid dienone is 1. The van der Waals surface area contributed by atoms with E-state index in [1.807, 2.05) is 42.5 Å². The number of hydrogen-bond donors (Lipinski definition) is 0. The van der Waals surface area contributed by atoms with Gasteiger partial charge in [0, 0.05) is 10.0 Å². The van der Waals surface area contributed by atoms with E-state index in [0.717, 1.165) is 26.2 Å². The maximum absolute atomic E-state index is 12.6. The molecule has 0 fully saturated rings. The number of benzene rings is 4. The number of fused-ring (bicyclic) bond motifs is 3. The number of hydrogen-bond acceptors (Lipinski definition) is 1. The first-order chi connectivity index (χ1) is 12.7. The summed E-state index contributed by atoms with van der Waals surface area (Å²) in [5.41, 5.74) is 2.00. The number of ketones is 1. The van der Waals surface area contributed by atoms with Crippen molar-refractivity contribution in [2.24, 2.45) is 0 Å². The third kappa shape index (κ3) is 2.89. The van der Waals surface area contributed by atoms with E-state index in [1.54, 1.807) is 18.2 Å². The maximum atomic E-state index is 12.6. The van der Waals surface area contributed by atoms with Gasteiger partial charge in [0.15, 0.2) is 5.78 Å². The maximum Gasteiger partial charge on any atom is 0.185 e. The molecule has 0 unspecified atom stereocenters. The molecule has 0 N–H and O–H groups in total. The van der Waals surface area contributed by atoms with Gasteiger partial charge in [0.25, 0.3) is 0 Å². The van der Waals surface area contributed by atoms with Crippen LogP contribution in [0.3, 0.4) is 0 Å². The summed E-state index contributed by atoms with van der Waals surface area (Å²) in [5, 5.41) is 4.57. The number of carbonyl (C=O) groups excluding carboxylic acids is 1. The zero-order chi connectivity index (χ0) is 18.1. The molecule has 4 aromatic carbocycles. The molecule has 0 heterocycles. The Morgan fingerprint density at radius 1 is 0.769 bits per heavy atom. The predicted molar refractivity (Wildman–Crippen MR) is 114 cm³/mol. The highest BCUT2D eigenvalue weighted by Crippen LogP contribution is 2.36. The molecule has 0 amide bonds. The van der Waals surface area contributed by atoms with Crippen LogP contribution in [-0.4, -0.2) is 13.6 Å². The van der Waals surface area contributed by atoms with Crippen LogP contribution in [0.2, 0.25) is 0 Å². The summed E-state index contributed by atoms with van der Waals surface area (Å²) in [4.78, 5) is 12.6. The van der Waals surface area contributed by atoms with Gasteiger partial charge in [-0.15, -0.1) is 0 Å². The van der Waals surface area contributed by atoms with Crippen molar-refractivity contribution in [3.8, 4) is 0 Å². The number of rotatable bonds is 3. The first-order valence-corrected chi connectivity index (χ1v) is 9.12. The number of halogens is 1. The van der Waals surface area contributed by atoms with Crippen molar-refractivity contribution in [1.29, 1.82) is 0 Å². The second-order valence-electron chi connectivity index (χ2n) is 6.10. The number of carbonyl (C=O) groups is 1. The highest BCUT2D eigenvalue weighted by Gasteiger charge is 2.11. The molecule has 0 aliphatic carbocycles. The molecule has 1 nitrogen and oxygen atoms in total. The third-order valence-corrected chi connectivity index (χ3v) is 5.39. The SMILES string of the molecule is [B]c1ccccc1C(=O)/C=C/c1c(Br)c2ccccc2c2ccccc12. The Morgan fingerprint density at radius 3 is 2.00 bits per heavy atom. The first-order valence-electron chi connectivity index (χ1n) is 8.32. The molecule has 0 aliphatic heterocycles. The highest BCUT2D eigenvalue weighted by molar-refractivity contribution is 9.10. The summed E-state index contributed by atoms with van der Waals surface area (Å²) < 4.78 is 0.983. The van der Waals surface area contributed by atoms with E-state index < -0.39 is 0 Å². The first kappa shape index (κ1) is 16.8.